The molecule has 21 heavy (non-hydrogen) atoms. The van der Waals surface area contributed by atoms with Gasteiger partial charge in [0.15, 0.2) is 0 Å². The van der Waals surface area contributed by atoms with E-state index in [-0.39, 0.29) is 12.6 Å². The molecule has 0 bridgehead atoms. The Labute approximate surface area is 126 Å². The number of aryl methyl sites for hydroxylation is 1. The maximum atomic E-state index is 9.27. The van der Waals surface area contributed by atoms with E-state index in [2.05, 4.69) is 33.6 Å². The number of aromatic nitrogens is 2. The molecular weight excluding hydrogens is 264 g/mol. The number of nitrogens with zero attached hydrogens (tertiary/aromatic N) is 2. The van der Waals surface area contributed by atoms with Crippen LogP contribution in [0.3, 0.4) is 0 Å². The van der Waals surface area contributed by atoms with Crippen LogP contribution in [0.2, 0.25) is 0 Å². The van der Waals surface area contributed by atoms with Gasteiger partial charge in [0.1, 0.15) is 5.82 Å². The minimum atomic E-state index is -0.0426. The molecule has 0 aliphatic heterocycles. The fourth-order valence-corrected chi connectivity index (χ4v) is 2.21. The van der Waals surface area contributed by atoms with Crippen LogP contribution in [-0.2, 0) is 0 Å². The van der Waals surface area contributed by atoms with Crippen LogP contribution in [0.15, 0.2) is 6.08 Å². The molecule has 0 radical (unpaired) electrons. The quantitative estimate of drug-likeness (QED) is 0.720. The molecule has 1 unspecified atom stereocenters. The molecule has 116 valence electrons. The lowest BCUT2D eigenvalue weighted by Crippen LogP contribution is -2.22. The second-order valence-corrected chi connectivity index (χ2v) is 5.88. The first kappa shape index (κ1) is 15.8. The van der Waals surface area contributed by atoms with E-state index in [1.807, 2.05) is 20.8 Å². The summed E-state index contributed by atoms with van der Waals surface area (Å²) in [7, 11) is 0. The lowest BCUT2D eigenvalue weighted by molar-refractivity contribution is 0.281. The maximum absolute atomic E-state index is 9.27. The highest BCUT2D eigenvalue weighted by atomic mass is 16.3. The molecule has 1 aromatic rings. The highest BCUT2D eigenvalue weighted by Gasteiger charge is 2.21. The van der Waals surface area contributed by atoms with Gasteiger partial charge in [-0.1, -0.05) is 6.08 Å². The van der Waals surface area contributed by atoms with Crippen molar-refractivity contribution in [2.75, 3.05) is 23.8 Å². The van der Waals surface area contributed by atoms with Gasteiger partial charge in [0.2, 0.25) is 5.95 Å². The third-order valence-corrected chi connectivity index (χ3v) is 3.82. The summed E-state index contributed by atoms with van der Waals surface area (Å²) in [5, 5.41) is 15.9. The van der Waals surface area contributed by atoms with Gasteiger partial charge in [0.25, 0.3) is 0 Å². The lowest BCUT2D eigenvalue weighted by Gasteiger charge is -2.18. The van der Waals surface area contributed by atoms with Crippen molar-refractivity contribution in [3.05, 3.63) is 17.3 Å². The molecule has 0 spiro atoms. The van der Waals surface area contributed by atoms with Crippen molar-refractivity contribution in [3.8, 4) is 0 Å². The first-order valence-corrected chi connectivity index (χ1v) is 7.68. The van der Waals surface area contributed by atoms with Crippen molar-refractivity contribution < 1.29 is 5.11 Å². The van der Waals surface area contributed by atoms with Crippen LogP contribution in [0.4, 0.5) is 11.8 Å². The first-order valence-electron chi connectivity index (χ1n) is 7.68. The van der Waals surface area contributed by atoms with Gasteiger partial charge in [-0.2, -0.15) is 4.98 Å². The Morgan fingerprint density at radius 2 is 2.14 bits per heavy atom. The first-order chi connectivity index (χ1) is 10.0. The van der Waals surface area contributed by atoms with Gasteiger partial charge in [0.05, 0.1) is 12.3 Å². The second-order valence-electron chi connectivity index (χ2n) is 5.88. The fourth-order valence-electron chi connectivity index (χ4n) is 2.21. The van der Waals surface area contributed by atoms with E-state index in [9.17, 15) is 5.11 Å². The van der Waals surface area contributed by atoms with Crippen LogP contribution in [0.5, 0.6) is 0 Å². The number of anilines is 2. The number of nitrogens with one attached hydrogen (secondary N) is 2. The molecule has 1 heterocycles. The molecule has 0 aromatic carbocycles. The molecule has 5 nitrogen and oxygen atoms in total. The Balaban J connectivity index is 2.29. The van der Waals surface area contributed by atoms with E-state index in [0.29, 0.717) is 5.95 Å². The molecule has 1 saturated carbocycles. The van der Waals surface area contributed by atoms with Gasteiger partial charge in [0, 0.05) is 18.2 Å². The van der Waals surface area contributed by atoms with E-state index in [1.54, 1.807) is 0 Å². The van der Waals surface area contributed by atoms with Gasteiger partial charge < -0.3 is 15.7 Å². The van der Waals surface area contributed by atoms with Crippen LogP contribution in [0, 0.1) is 12.8 Å². The molecule has 1 aliphatic rings. The number of hydrogen-bond acceptors (Lipinski definition) is 5. The largest absolute Gasteiger partial charge is 0.394 e. The van der Waals surface area contributed by atoms with Gasteiger partial charge in [-0.25, -0.2) is 4.98 Å². The van der Waals surface area contributed by atoms with Crippen molar-refractivity contribution in [3.63, 3.8) is 0 Å². The van der Waals surface area contributed by atoms with Crippen LogP contribution in [-0.4, -0.2) is 34.3 Å². The molecule has 1 aromatic heterocycles. The van der Waals surface area contributed by atoms with Crippen LogP contribution >= 0.6 is 0 Å². The normalized spacial score (nSPS) is 16.7. The number of aliphatic hydroxyl groups is 1. The highest BCUT2D eigenvalue weighted by Crippen LogP contribution is 2.30. The maximum Gasteiger partial charge on any atom is 0.224 e. The Bertz CT molecular complexity index is 523. The summed E-state index contributed by atoms with van der Waals surface area (Å²) in [4.78, 5) is 9.18. The molecular formula is C16H26N4O. The smallest absolute Gasteiger partial charge is 0.224 e. The summed E-state index contributed by atoms with van der Waals surface area (Å²) in [6, 6.07) is -0.0426. The van der Waals surface area contributed by atoms with E-state index >= 15 is 0 Å². The lowest BCUT2D eigenvalue weighted by atomic mass is 10.1. The average Bonchev–Trinajstić information content (AvgIpc) is 3.28. The van der Waals surface area contributed by atoms with E-state index in [1.165, 1.54) is 12.8 Å². The van der Waals surface area contributed by atoms with E-state index < -0.39 is 0 Å². The zero-order valence-electron chi connectivity index (χ0n) is 13.4. The topological polar surface area (TPSA) is 70.1 Å². The minimum Gasteiger partial charge on any atom is -0.394 e. The molecule has 0 saturated heterocycles. The molecule has 3 N–H and O–H groups in total. The van der Waals surface area contributed by atoms with Crippen LogP contribution in [0.25, 0.3) is 5.57 Å². The van der Waals surface area contributed by atoms with Crippen molar-refractivity contribution in [2.24, 2.45) is 5.92 Å². The third kappa shape index (κ3) is 4.17. The highest BCUT2D eigenvalue weighted by molar-refractivity contribution is 5.75. The van der Waals surface area contributed by atoms with E-state index in [0.717, 1.165) is 35.1 Å². The summed E-state index contributed by atoms with van der Waals surface area (Å²) in [6.07, 6.45) is 4.65. The Kier molecular flexibility index (Phi) is 5.17. The summed E-state index contributed by atoms with van der Waals surface area (Å²) < 4.78 is 0. The Morgan fingerprint density at radius 1 is 1.43 bits per heavy atom. The number of hydrogen-bond donors (Lipinski definition) is 3. The zero-order chi connectivity index (χ0) is 15.4. The molecule has 0 amide bonds. The van der Waals surface area contributed by atoms with Gasteiger partial charge in [-0.15, -0.1) is 0 Å². The third-order valence-electron chi connectivity index (χ3n) is 3.82. The number of allylic oxidation sites excluding steroid dienone is 2. The fraction of sp³-hybridized carbons (Fsp3) is 0.625. The molecule has 2 rings (SSSR count). The van der Waals surface area contributed by atoms with Crippen molar-refractivity contribution >= 4 is 17.3 Å². The van der Waals surface area contributed by atoms with Gasteiger partial charge in [-0.3, -0.25) is 0 Å². The predicted octanol–water partition coefficient (Wildman–Crippen LogP) is 2.82. The second kappa shape index (κ2) is 6.89. The monoisotopic (exact) mass is 290 g/mol. The summed E-state index contributed by atoms with van der Waals surface area (Å²) >= 11 is 0. The SMILES string of the molecule is CC=C(C)c1c(C)nc(NCC2CC2)nc1NC(C)CO. The Morgan fingerprint density at radius 3 is 2.71 bits per heavy atom. The molecule has 5 heteroatoms. The summed E-state index contributed by atoms with van der Waals surface area (Å²) in [5.41, 5.74) is 3.11. The zero-order valence-corrected chi connectivity index (χ0v) is 13.4. The predicted molar refractivity (Wildman–Crippen MR) is 87.5 cm³/mol. The molecule has 1 fully saturated rings. The van der Waals surface area contributed by atoms with Gasteiger partial charge in [-0.05, 0) is 52.0 Å². The number of rotatable bonds is 7. The summed E-state index contributed by atoms with van der Waals surface area (Å²) in [5.74, 6) is 2.23. The van der Waals surface area contributed by atoms with Crippen LogP contribution in [0.1, 0.15) is 44.9 Å². The average molecular weight is 290 g/mol. The molecule has 1 atom stereocenters. The van der Waals surface area contributed by atoms with E-state index in [4.69, 9.17) is 0 Å². The van der Waals surface area contributed by atoms with Gasteiger partial charge >= 0.3 is 0 Å². The molecule has 1 aliphatic carbocycles. The number of aliphatic hydroxyl groups excluding tert-OH is 1. The standard InChI is InChI=1S/C16H26N4O/c1-5-10(2)14-12(4)19-16(17-8-13-6-7-13)20-15(14)18-11(3)9-21/h5,11,13,21H,6-9H2,1-4H3,(H2,17,18,19,20). The van der Waals surface area contributed by atoms with Crippen LogP contribution < -0.4 is 10.6 Å². The Hall–Kier alpha value is -1.62. The van der Waals surface area contributed by atoms with Crippen molar-refractivity contribution in [2.45, 2.75) is 46.6 Å². The van der Waals surface area contributed by atoms with Crippen molar-refractivity contribution in [1.29, 1.82) is 0 Å². The van der Waals surface area contributed by atoms with Crippen molar-refractivity contribution in [1.82, 2.24) is 9.97 Å². The summed E-state index contributed by atoms with van der Waals surface area (Å²) in [6.45, 7) is 9.01. The minimum absolute atomic E-state index is 0.0426.